The molecule has 2 atom stereocenters. The average molecular weight is 402 g/mol. The van der Waals surface area contributed by atoms with E-state index in [1.807, 2.05) is 4.67 Å². The van der Waals surface area contributed by atoms with Crippen molar-refractivity contribution in [1.29, 1.82) is 0 Å². The number of halogens is 2. The molecule has 2 unspecified atom stereocenters. The molecule has 0 aromatic rings. The average Bonchev–Trinajstić information content (AvgIpc) is 2.59. The summed E-state index contributed by atoms with van der Waals surface area (Å²) in [5, 5.41) is 8.65. The molecule has 0 aromatic carbocycles. The van der Waals surface area contributed by atoms with Crippen LogP contribution in [0.3, 0.4) is 0 Å². The van der Waals surface area contributed by atoms with Gasteiger partial charge in [-0.3, -0.25) is 9.36 Å². The number of aliphatic hydroxyl groups excluding tert-OH is 1. The largest absolute Gasteiger partial charge is 0.389 e. The first-order valence-electron chi connectivity index (χ1n) is 8.79. The third kappa shape index (κ3) is 8.16. The highest BCUT2D eigenvalue weighted by Gasteiger charge is 2.36. The molecule has 1 aliphatic heterocycles. The van der Waals surface area contributed by atoms with Crippen LogP contribution < -0.4 is 0 Å². The molecule has 1 fully saturated rings. The van der Waals surface area contributed by atoms with Gasteiger partial charge < -0.3 is 9.63 Å². The van der Waals surface area contributed by atoms with Crippen LogP contribution in [-0.4, -0.2) is 59.8 Å². The summed E-state index contributed by atoms with van der Waals surface area (Å²) >= 11 is 11.6. The van der Waals surface area contributed by atoms with Crippen LogP contribution in [0.1, 0.15) is 44.9 Å². The number of carbonyl (C=O) groups excluding carboxylic acids is 1. The van der Waals surface area contributed by atoms with E-state index in [4.69, 9.17) is 32.8 Å². The zero-order chi connectivity index (χ0) is 17.8. The summed E-state index contributed by atoms with van der Waals surface area (Å²) in [7, 11) is -2.76. The number of carbonyl (C=O) groups is 1. The molecule has 1 N–H and O–H groups in total. The van der Waals surface area contributed by atoms with Crippen LogP contribution in [0.15, 0.2) is 0 Å². The van der Waals surface area contributed by atoms with Gasteiger partial charge in [-0.05, 0) is 25.2 Å². The minimum Gasteiger partial charge on any atom is -0.389 e. The second-order valence-corrected chi connectivity index (χ2v) is 9.59. The first kappa shape index (κ1) is 22.4. The first-order valence-corrected chi connectivity index (χ1v) is 11.6. The summed E-state index contributed by atoms with van der Waals surface area (Å²) in [6.07, 6.45) is 7.08. The van der Waals surface area contributed by atoms with Crippen LogP contribution in [0.5, 0.6) is 0 Å². The molecule has 0 saturated carbocycles. The normalized spacial score (nSPS) is 24.4. The Balaban J connectivity index is 2.20. The summed E-state index contributed by atoms with van der Waals surface area (Å²) in [5.74, 6) is 1.23. The Morgan fingerprint density at radius 1 is 1.17 bits per heavy atom. The lowest BCUT2D eigenvalue weighted by Crippen LogP contribution is -2.31. The number of rotatable bonds is 13. The zero-order valence-electron chi connectivity index (χ0n) is 14.3. The monoisotopic (exact) mass is 401 g/mol. The van der Waals surface area contributed by atoms with E-state index in [9.17, 15) is 9.36 Å². The third-order valence-corrected chi connectivity index (χ3v) is 7.42. The minimum atomic E-state index is -2.76. The van der Waals surface area contributed by atoms with Gasteiger partial charge in [-0.1, -0.05) is 19.3 Å². The number of Topliss-reactive ketones (excluding diaryl/α,β-unsaturated/α-hetero) is 1. The summed E-state index contributed by atoms with van der Waals surface area (Å²) in [6.45, 7) is 1.29. The van der Waals surface area contributed by atoms with E-state index in [2.05, 4.69) is 0 Å². The topological polar surface area (TPSA) is 66.8 Å². The number of hydrogen-bond donors (Lipinski definition) is 1. The molecule has 1 saturated heterocycles. The lowest BCUT2D eigenvalue weighted by molar-refractivity contribution is -0.121. The Morgan fingerprint density at radius 3 is 2.38 bits per heavy atom. The second-order valence-electron chi connectivity index (χ2n) is 6.29. The van der Waals surface area contributed by atoms with E-state index in [0.29, 0.717) is 50.0 Å². The summed E-state index contributed by atoms with van der Waals surface area (Å²) in [5.41, 5.74) is 0. The number of nitrogens with zero attached hydrogens (tertiary/aromatic N) is 1. The number of unbranched alkanes of at least 4 members (excludes halogenated alkanes) is 3. The van der Waals surface area contributed by atoms with Crippen molar-refractivity contribution in [2.75, 3.05) is 44.2 Å². The standard InChI is InChI=1S/C16H30Cl2NO4P/c17-8-10-19(11-9-18)24(22)12-7-15(14-23-24)5-3-1-2-4-6-16(21)13-20/h15,20H,1-14H2. The smallest absolute Gasteiger partial charge is 0.272 e. The van der Waals surface area contributed by atoms with Gasteiger partial charge in [0.1, 0.15) is 6.61 Å². The van der Waals surface area contributed by atoms with Crippen LogP contribution >= 0.6 is 30.7 Å². The highest BCUT2D eigenvalue weighted by Crippen LogP contribution is 2.55. The van der Waals surface area contributed by atoms with Crippen molar-refractivity contribution in [1.82, 2.24) is 4.67 Å². The number of hydrogen-bond acceptors (Lipinski definition) is 4. The molecule has 142 valence electrons. The fourth-order valence-corrected chi connectivity index (χ4v) is 6.13. The maximum atomic E-state index is 12.9. The van der Waals surface area contributed by atoms with Crippen molar-refractivity contribution < 1.29 is 19.0 Å². The number of aliphatic hydroxyl groups is 1. The van der Waals surface area contributed by atoms with Crippen molar-refractivity contribution in [3.63, 3.8) is 0 Å². The van der Waals surface area contributed by atoms with Crippen molar-refractivity contribution in [2.45, 2.75) is 44.9 Å². The predicted octanol–water partition coefficient (Wildman–Crippen LogP) is 3.90. The molecule has 0 radical (unpaired) electrons. The minimum absolute atomic E-state index is 0.0788. The fourth-order valence-electron chi connectivity index (χ4n) is 2.97. The third-order valence-electron chi connectivity index (χ3n) is 4.44. The van der Waals surface area contributed by atoms with Crippen molar-refractivity contribution in [3.8, 4) is 0 Å². The summed E-state index contributed by atoms with van der Waals surface area (Å²) < 4.78 is 20.5. The maximum Gasteiger partial charge on any atom is 0.272 e. The van der Waals surface area contributed by atoms with E-state index < -0.39 is 7.52 Å². The highest BCUT2D eigenvalue weighted by molar-refractivity contribution is 7.56. The molecule has 1 rings (SSSR count). The fraction of sp³-hybridized carbons (Fsp3) is 0.938. The van der Waals surface area contributed by atoms with Crippen LogP contribution in [0.25, 0.3) is 0 Å². The molecule has 0 spiro atoms. The summed E-state index contributed by atoms with van der Waals surface area (Å²) in [4.78, 5) is 11.0. The Kier molecular flexibility index (Phi) is 11.8. The van der Waals surface area contributed by atoms with Crippen molar-refractivity contribution >= 4 is 36.5 Å². The van der Waals surface area contributed by atoms with Gasteiger partial charge in [0.15, 0.2) is 5.78 Å². The molecular formula is C16H30Cl2NO4P. The van der Waals surface area contributed by atoms with E-state index in [1.54, 1.807) is 0 Å². The highest BCUT2D eigenvalue weighted by atomic mass is 35.5. The van der Waals surface area contributed by atoms with Gasteiger partial charge in [-0.2, -0.15) is 0 Å². The lowest BCUT2D eigenvalue weighted by Gasteiger charge is -2.36. The molecule has 0 aliphatic carbocycles. The predicted molar refractivity (Wildman–Crippen MR) is 99.3 cm³/mol. The molecule has 1 heterocycles. The van der Waals surface area contributed by atoms with E-state index >= 15 is 0 Å². The Hall–Kier alpha value is 0.360. The molecule has 5 nitrogen and oxygen atoms in total. The molecule has 0 bridgehead atoms. The molecule has 1 aliphatic rings. The van der Waals surface area contributed by atoms with E-state index in [-0.39, 0.29) is 12.4 Å². The van der Waals surface area contributed by atoms with Gasteiger partial charge in [0.2, 0.25) is 0 Å². The van der Waals surface area contributed by atoms with E-state index in [1.165, 1.54) is 0 Å². The van der Waals surface area contributed by atoms with Crippen molar-refractivity contribution in [2.24, 2.45) is 5.92 Å². The van der Waals surface area contributed by atoms with Gasteiger partial charge in [0.25, 0.3) is 7.52 Å². The SMILES string of the molecule is O=C(CO)CCCCCCC1CCP(=O)(N(CCCl)CCCl)OC1. The quantitative estimate of drug-likeness (QED) is 0.288. The van der Waals surface area contributed by atoms with Crippen LogP contribution in [0.2, 0.25) is 0 Å². The Bertz CT molecular complexity index is 394. The second kappa shape index (κ2) is 12.7. The first-order chi connectivity index (χ1) is 11.6. The lowest BCUT2D eigenvalue weighted by atomic mass is 9.98. The molecular weight excluding hydrogens is 372 g/mol. The van der Waals surface area contributed by atoms with E-state index in [0.717, 1.165) is 38.5 Å². The zero-order valence-corrected chi connectivity index (χ0v) is 16.7. The Labute approximate surface area is 155 Å². The summed E-state index contributed by atoms with van der Waals surface area (Å²) in [6, 6.07) is 0. The van der Waals surface area contributed by atoms with Crippen LogP contribution in [-0.2, 0) is 13.9 Å². The van der Waals surface area contributed by atoms with Crippen molar-refractivity contribution in [3.05, 3.63) is 0 Å². The number of ketones is 1. The Morgan fingerprint density at radius 2 is 1.83 bits per heavy atom. The van der Waals surface area contributed by atoms with Crippen LogP contribution in [0.4, 0.5) is 0 Å². The van der Waals surface area contributed by atoms with Gasteiger partial charge >= 0.3 is 0 Å². The number of alkyl halides is 2. The molecule has 0 aromatic heterocycles. The molecule has 24 heavy (non-hydrogen) atoms. The molecule has 0 amide bonds. The molecule has 8 heteroatoms. The van der Waals surface area contributed by atoms with Gasteiger partial charge in [0.05, 0.1) is 6.61 Å². The van der Waals surface area contributed by atoms with Crippen LogP contribution in [0, 0.1) is 5.92 Å². The van der Waals surface area contributed by atoms with Gasteiger partial charge in [0, 0.05) is 37.4 Å². The van der Waals surface area contributed by atoms with Gasteiger partial charge in [-0.15, -0.1) is 23.2 Å². The van der Waals surface area contributed by atoms with Gasteiger partial charge in [-0.25, -0.2) is 4.67 Å². The maximum absolute atomic E-state index is 12.9.